The second kappa shape index (κ2) is 10.0. The molecule has 0 bridgehead atoms. The van der Waals surface area contributed by atoms with E-state index in [0.717, 1.165) is 13.1 Å². The first-order chi connectivity index (χ1) is 16.0. The molecule has 0 aliphatic carbocycles. The van der Waals surface area contributed by atoms with Crippen molar-refractivity contribution >= 4 is 17.4 Å². The van der Waals surface area contributed by atoms with E-state index in [1.165, 1.54) is 19.1 Å². The number of amides is 1. The molecule has 3 heterocycles. The van der Waals surface area contributed by atoms with E-state index in [0.29, 0.717) is 48.9 Å². The monoisotopic (exact) mass is 453 g/mol. The quantitative estimate of drug-likeness (QED) is 0.385. The summed E-state index contributed by atoms with van der Waals surface area (Å²) in [5.74, 6) is -0.781. The molecule has 33 heavy (non-hydrogen) atoms. The molecule has 0 spiro atoms. The fourth-order valence-corrected chi connectivity index (χ4v) is 4.22. The molecule has 1 amide bonds. The number of methoxy groups -OCH3 is 2. The van der Waals surface area contributed by atoms with Crippen LogP contribution in [0.3, 0.4) is 0 Å². The third kappa shape index (κ3) is 4.55. The van der Waals surface area contributed by atoms with Crippen molar-refractivity contribution < 1.29 is 28.9 Å². The Hall–Kier alpha value is -3.43. The van der Waals surface area contributed by atoms with Gasteiger partial charge in [0.25, 0.3) is 11.7 Å². The molecule has 1 aromatic carbocycles. The summed E-state index contributed by atoms with van der Waals surface area (Å²) in [4.78, 5) is 34.0. The molecule has 0 unspecified atom stereocenters. The Kier molecular flexibility index (Phi) is 6.90. The van der Waals surface area contributed by atoms with E-state index in [1.54, 1.807) is 42.7 Å². The van der Waals surface area contributed by atoms with E-state index in [-0.39, 0.29) is 11.3 Å². The predicted molar refractivity (Wildman–Crippen MR) is 120 cm³/mol. The number of rotatable bonds is 7. The number of likely N-dealkylation sites (tertiary alicyclic amines) is 1. The highest BCUT2D eigenvalue weighted by Gasteiger charge is 2.46. The topological polar surface area (TPSA) is 101 Å². The van der Waals surface area contributed by atoms with Gasteiger partial charge in [0.05, 0.1) is 44.6 Å². The molecule has 1 N–H and O–H groups in total. The summed E-state index contributed by atoms with van der Waals surface area (Å²) in [6, 6.07) is 7.64. The van der Waals surface area contributed by atoms with Gasteiger partial charge in [-0.2, -0.15) is 0 Å². The van der Waals surface area contributed by atoms with Crippen molar-refractivity contribution in [3.8, 4) is 11.5 Å². The second-order valence-electron chi connectivity index (χ2n) is 7.79. The summed E-state index contributed by atoms with van der Waals surface area (Å²) >= 11 is 0. The van der Waals surface area contributed by atoms with Crippen molar-refractivity contribution in [2.45, 2.75) is 6.04 Å². The molecule has 174 valence electrons. The Morgan fingerprint density at radius 3 is 2.48 bits per heavy atom. The lowest BCUT2D eigenvalue weighted by atomic mass is 9.95. The first kappa shape index (κ1) is 22.8. The molecular formula is C24H27N3O6. The number of Topliss-reactive ketones (excluding diaryl/α,β-unsaturated/α-hetero) is 1. The van der Waals surface area contributed by atoms with Crippen molar-refractivity contribution in [1.29, 1.82) is 0 Å². The standard InChI is InChI=1S/C24H27N3O6/c1-31-17-3-4-18(19(15-17)32-2)22(28)20-21(16-5-7-25-8-6-16)27(24(30)23(20)29)10-9-26-11-13-33-14-12-26/h3-8,15,21,28H,9-14H2,1-2H3/t21-/m1/s1. The number of aliphatic hydroxyl groups is 1. The third-order valence-electron chi connectivity index (χ3n) is 5.99. The number of morpholine rings is 1. The van der Waals surface area contributed by atoms with Gasteiger partial charge < -0.3 is 24.2 Å². The molecule has 2 aliphatic rings. The van der Waals surface area contributed by atoms with Gasteiger partial charge in [-0.3, -0.25) is 19.5 Å². The maximum absolute atomic E-state index is 13.2. The van der Waals surface area contributed by atoms with Gasteiger partial charge in [0, 0.05) is 44.6 Å². The van der Waals surface area contributed by atoms with Gasteiger partial charge in [0.2, 0.25) is 0 Å². The number of carbonyl (C=O) groups excluding carboxylic acids is 2. The van der Waals surface area contributed by atoms with Crippen LogP contribution in [0, 0.1) is 0 Å². The summed E-state index contributed by atoms with van der Waals surface area (Å²) in [5.41, 5.74) is 1.03. The number of aliphatic hydroxyl groups excluding tert-OH is 1. The van der Waals surface area contributed by atoms with Crippen molar-refractivity contribution in [3.63, 3.8) is 0 Å². The molecule has 0 radical (unpaired) electrons. The number of nitrogens with zero attached hydrogens (tertiary/aromatic N) is 3. The van der Waals surface area contributed by atoms with Gasteiger partial charge >= 0.3 is 0 Å². The Balaban J connectivity index is 1.75. The van der Waals surface area contributed by atoms with Gasteiger partial charge in [0.15, 0.2) is 0 Å². The molecule has 4 rings (SSSR count). The summed E-state index contributed by atoms with van der Waals surface area (Å²) in [6.07, 6.45) is 3.21. The van der Waals surface area contributed by atoms with Gasteiger partial charge in [-0.1, -0.05) is 0 Å². The van der Waals surface area contributed by atoms with Crippen LogP contribution in [-0.2, 0) is 14.3 Å². The van der Waals surface area contributed by atoms with Gasteiger partial charge in [0.1, 0.15) is 17.3 Å². The molecule has 0 saturated carbocycles. The highest BCUT2D eigenvalue weighted by atomic mass is 16.5. The van der Waals surface area contributed by atoms with Gasteiger partial charge in [-0.15, -0.1) is 0 Å². The van der Waals surface area contributed by atoms with E-state index in [2.05, 4.69) is 9.88 Å². The number of ketones is 1. The molecule has 2 saturated heterocycles. The lowest BCUT2D eigenvalue weighted by molar-refractivity contribution is -0.140. The van der Waals surface area contributed by atoms with E-state index in [9.17, 15) is 14.7 Å². The van der Waals surface area contributed by atoms with Crippen molar-refractivity contribution in [1.82, 2.24) is 14.8 Å². The number of aromatic nitrogens is 1. The highest BCUT2D eigenvalue weighted by molar-refractivity contribution is 6.46. The molecule has 1 aromatic heterocycles. The Bertz CT molecular complexity index is 1050. The van der Waals surface area contributed by atoms with Gasteiger partial charge in [-0.25, -0.2) is 0 Å². The van der Waals surface area contributed by atoms with E-state index in [4.69, 9.17) is 14.2 Å². The first-order valence-electron chi connectivity index (χ1n) is 10.8. The third-order valence-corrected chi connectivity index (χ3v) is 5.99. The van der Waals surface area contributed by atoms with Crippen LogP contribution in [0.4, 0.5) is 0 Å². The lowest BCUT2D eigenvalue weighted by Crippen LogP contribution is -2.42. The summed E-state index contributed by atoms with van der Waals surface area (Å²) in [6.45, 7) is 3.77. The van der Waals surface area contributed by atoms with Crippen LogP contribution in [0.1, 0.15) is 17.2 Å². The Morgan fingerprint density at radius 2 is 1.82 bits per heavy atom. The number of pyridine rings is 1. The maximum Gasteiger partial charge on any atom is 0.295 e. The van der Waals surface area contributed by atoms with E-state index < -0.39 is 17.7 Å². The SMILES string of the molecule is COc1ccc(C(O)=C2C(=O)C(=O)N(CCN3CCOCC3)[C@@H]2c2ccncc2)c(OC)c1. The van der Waals surface area contributed by atoms with Crippen LogP contribution in [-0.4, -0.2) is 85.2 Å². The van der Waals surface area contributed by atoms with Crippen LogP contribution in [0.5, 0.6) is 11.5 Å². The zero-order chi connectivity index (χ0) is 23.4. The summed E-state index contributed by atoms with van der Waals surface area (Å²) in [5, 5.41) is 11.3. The Morgan fingerprint density at radius 1 is 1.09 bits per heavy atom. The molecule has 2 fully saturated rings. The van der Waals surface area contributed by atoms with Crippen molar-refractivity contribution in [2.75, 3.05) is 53.6 Å². The maximum atomic E-state index is 13.2. The number of hydrogen-bond donors (Lipinski definition) is 1. The first-order valence-corrected chi connectivity index (χ1v) is 10.8. The van der Waals surface area contributed by atoms with Gasteiger partial charge in [-0.05, 0) is 29.8 Å². The molecule has 2 aliphatic heterocycles. The number of ether oxygens (including phenoxy) is 3. The van der Waals surface area contributed by atoms with Crippen molar-refractivity contribution in [3.05, 3.63) is 59.4 Å². The van der Waals surface area contributed by atoms with Crippen LogP contribution >= 0.6 is 0 Å². The van der Waals surface area contributed by atoms with Crippen LogP contribution in [0.2, 0.25) is 0 Å². The fraction of sp³-hybridized carbons (Fsp3) is 0.375. The predicted octanol–water partition coefficient (Wildman–Crippen LogP) is 1.85. The molecule has 9 heteroatoms. The number of carbonyl (C=O) groups is 2. The average molecular weight is 453 g/mol. The summed E-state index contributed by atoms with van der Waals surface area (Å²) in [7, 11) is 2.99. The zero-order valence-electron chi connectivity index (χ0n) is 18.7. The number of hydrogen-bond acceptors (Lipinski definition) is 8. The smallest absolute Gasteiger partial charge is 0.295 e. The fourth-order valence-electron chi connectivity index (χ4n) is 4.22. The minimum Gasteiger partial charge on any atom is -0.507 e. The normalized spacial score (nSPS) is 20.8. The van der Waals surface area contributed by atoms with Crippen LogP contribution < -0.4 is 9.47 Å². The zero-order valence-corrected chi connectivity index (χ0v) is 18.7. The van der Waals surface area contributed by atoms with E-state index >= 15 is 0 Å². The van der Waals surface area contributed by atoms with Crippen LogP contribution in [0.25, 0.3) is 5.76 Å². The molecule has 2 aromatic rings. The lowest BCUT2D eigenvalue weighted by Gasteiger charge is -2.31. The molecule has 1 atom stereocenters. The average Bonchev–Trinajstić information content (AvgIpc) is 3.12. The van der Waals surface area contributed by atoms with E-state index in [1.807, 2.05) is 0 Å². The highest BCUT2D eigenvalue weighted by Crippen LogP contribution is 2.41. The Labute approximate surface area is 192 Å². The summed E-state index contributed by atoms with van der Waals surface area (Å²) < 4.78 is 16.0. The van der Waals surface area contributed by atoms with Crippen molar-refractivity contribution in [2.24, 2.45) is 0 Å². The minimum atomic E-state index is -0.735. The molecule has 9 nitrogen and oxygen atoms in total. The van der Waals surface area contributed by atoms with Crippen LogP contribution in [0.15, 0.2) is 48.3 Å². The number of benzene rings is 1. The largest absolute Gasteiger partial charge is 0.507 e. The molecular weight excluding hydrogens is 426 g/mol. The second-order valence-corrected chi connectivity index (χ2v) is 7.79. The minimum absolute atomic E-state index is 0.0247.